The van der Waals surface area contributed by atoms with Gasteiger partial charge in [-0.1, -0.05) is 31.0 Å². The molecule has 0 radical (unpaired) electrons. The van der Waals surface area contributed by atoms with Crippen LogP contribution in [0.5, 0.6) is 0 Å². The molecule has 1 atom stereocenters. The number of hydrogen-bond acceptors (Lipinski definition) is 4. The zero-order valence-corrected chi connectivity index (χ0v) is 12.4. The molecule has 0 aliphatic carbocycles. The number of carbonyl (C=O) groups is 2. The normalized spacial score (nSPS) is 11.8. The van der Waals surface area contributed by atoms with Crippen molar-refractivity contribution in [3.63, 3.8) is 0 Å². The highest BCUT2D eigenvalue weighted by molar-refractivity contribution is 6.33. The van der Waals surface area contributed by atoms with Crippen molar-refractivity contribution in [2.75, 3.05) is 12.3 Å². The predicted octanol–water partition coefficient (Wildman–Crippen LogP) is 2.38. The van der Waals surface area contributed by atoms with Gasteiger partial charge in [-0.3, -0.25) is 4.79 Å². The summed E-state index contributed by atoms with van der Waals surface area (Å²) in [5, 5.41) is 2.97. The van der Waals surface area contributed by atoms with Gasteiger partial charge in [0, 0.05) is 6.54 Å². The molecule has 0 bridgehead atoms. The van der Waals surface area contributed by atoms with Crippen LogP contribution in [0.1, 0.15) is 37.0 Å². The molecular weight excluding hydrogens is 280 g/mol. The molecule has 0 aliphatic rings. The van der Waals surface area contributed by atoms with Gasteiger partial charge >= 0.3 is 5.97 Å². The molecular formula is C14H19ClN2O3. The third-order valence-corrected chi connectivity index (χ3v) is 3.09. The van der Waals surface area contributed by atoms with Crippen LogP contribution in [0.3, 0.4) is 0 Å². The number of nitrogens with one attached hydrogen (secondary N) is 1. The lowest BCUT2D eigenvalue weighted by Gasteiger charge is -2.14. The minimum atomic E-state index is -0.877. The summed E-state index contributed by atoms with van der Waals surface area (Å²) in [6, 6.07) is 4.68. The van der Waals surface area contributed by atoms with Gasteiger partial charge in [-0.25, -0.2) is 4.79 Å². The lowest BCUT2D eigenvalue weighted by atomic mass is 10.2. The Balaban J connectivity index is 2.61. The van der Waals surface area contributed by atoms with E-state index in [1.165, 1.54) is 13.0 Å². The molecule has 1 aromatic carbocycles. The Kier molecular flexibility index (Phi) is 6.31. The van der Waals surface area contributed by atoms with Crippen LogP contribution in [-0.2, 0) is 9.53 Å². The zero-order valence-electron chi connectivity index (χ0n) is 11.6. The van der Waals surface area contributed by atoms with Crippen molar-refractivity contribution < 1.29 is 14.3 Å². The van der Waals surface area contributed by atoms with Gasteiger partial charge in [0.2, 0.25) is 0 Å². The van der Waals surface area contributed by atoms with E-state index in [9.17, 15) is 9.59 Å². The standard InChI is InChI=1S/C14H19ClN2O3/c1-3-4-8-17-13(18)9(2)20-14(19)10-6-5-7-11(15)12(10)16/h5-7,9H,3-4,8,16H2,1-2H3,(H,17,18). The van der Waals surface area contributed by atoms with E-state index in [1.807, 2.05) is 6.92 Å². The number of ether oxygens (including phenoxy) is 1. The molecule has 1 rings (SSSR count). The van der Waals surface area contributed by atoms with Crippen molar-refractivity contribution in [2.45, 2.75) is 32.8 Å². The monoisotopic (exact) mass is 298 g/mol. The summed E-state index contributed by atoms with van der Waals surface area (Å²) in [6.07, 6.45) is 0.985. The molecule has 110 valence electrons. The number of carbonyl (C=O) groups excluding carboxylic acids is 2. The fourth-order valence-electron chi connectivity index (χ4n) is 1.52. The Hall–Kier alpha value is -1.75. The second-order valence-electron chi connectivity index (χ2n) is 4.39. The van der Waals surface area contributed by atoms with E-state index in [-0.39, 0.29) is 22.2 Å². The maximum Gasteiger partial charge on any atom is 0.341 e. The van der Waals surface area contributed by atoms with Crippen molar-refractivity contribution in [1.82, 2.24) is 5.32 Å². The average molecular weight is 299 g/mol. The molecule has 0 aromatic heterocycles. The van der Waals surface area contributed by atoms with Gasteiger partial charge in [-0.15, -0.1) is 0 Å². The van der Waals surface area contributed by atoms with Crippen LogP contribution < -0.4 is 11.1 Å². The Labute approximate surface area is 123 Å². The Morgan fingerprint density at radius 2 is 2.15 bits per heavy atom. The molecule has 1 aromatic rings. The fourth-order valence-corrected chi connectivity index (χ4v) is 1.70. The SMILES string of the molecule is CCCCNC(=O)C(C)OC(=O)c1cccc(Cl)c1N. The molecule has 0 heterocycles. The number of anilines is 1. The van der Waals surface area contributed by atoms with Crippen LogP contribution in [0.25, 0.3) is 0 Å². The molecule has 0 aliphatic heterocycles. The number of para-hydroxylation sites is 1. The molecule has 1 unspecified atom stereocenters. The first-order valence-electron chi connectivity index (χ1n) is 6.50. The number of amides is 1. The molecule has 0 saturated carbocycles. The summed E-state index contributed by atoms with van der Waals surface area (Å²) in [6.45, 7) is 4.11. The fraction of sp³-hybridized carbons (Fsp3) is 0.429. The van der Waals surface area contributed by atoms with E-state index in [1.54, 1.807) is 12.1 Å². The second-order valence-corrected chi connectivity index (χ2v) is 4.80. The number of halogens is 1. The first-order valence-corrected chi connectivity index (χ1v) is 6.87. The molecule has 0 fully saturated rings. The second kappa shape index (κ2) is 7.75. The van der Waals surface area contributed by atoms with Gasteiger partial charge in [-0.2, -0.15) is 0 Å². The molecule has 20 heavy (non-hydrogen) atoms. The van der Waals surface area contributed by atoms with Crippen LogP contribution in [0, 0.1) is 0 Å². The zero-order chi connectivity index (χ0) is 15.1. The first-order chi connectivity index (χ1) is 9.47. The Morgan fingerprint density at radius 1 is 1.45 bits per heavy atom. The minimum absolute atomic E-state index is 0.151. The van der Waals surface area contributed by atoms with Gasteiger partial charge in [0.1, 0.15) is 0 Å². The Morgan fingerprint density at radius 3 is 2.80 bits per heavy atom. The number of nitrogen functional groups attached to an aromatic ring is 1. The van der Waals surface area contributed by atoms with Crippen LogP contribution >= 0.6 is 11.6 Å². The topological polar surface area (TPSA) is 81.4 Å². The number of benzene rings is 1. The molecule has 5 nitrogen and oxygen atoms in total. The first kappa shape index (κ1) is 16.3. The van der Waals surface area contributed by atoms with Crippen LogP contribution in [0.4, 0.5) is 5.69 Å². The maximum atomic E-state index is 11.9. The molecule has 6 heteroatoms. The largest absolute Gasteiger partial charge is 0.449 e. The molecule has 3 N–H and O–H groups in total. The average Bonchev–Trinajstić information content (AvgIpc) is 2.41. The van der Waals surface area contributed by atoms with Crippen LogP contribution in [-0.4, -0.2) is 24.5 Å². The number of rotatable bonds is 6. The van der Waals surface area contributed by atoms with Crippen molar-refractivity contribution in [2.24, 2.45) is 0 Å². The third-order valence-electron chi connectivity index (χ3n) is 2.76. The Bertz CT molecular complexity index is 491. The van der Waals surface area contributed by atoms with Crippen molar-refractivity contribution in [1.29, 1.82) is 0 Å². The summed E-state index contributed by atoms with van der Waals surface area (Å²) < 4.78 is 5.08. The van der Waals surface area contributed by atoms with E-state index < -0.39 is 12.1 Å². The summed E-state index contributed by atoms with van der Waals surface area (Å²) in [7, 11) is 0. The smallest absolute Gasteiger partial charge is 0.341 e. The minimum Gasteiger partial charge on any atom is -0.449 e. The molecule has 0 saturated heterocycles. The molecule has 0 spiro atoms. The predicted molar refractivity (Wildman–Crippen MR) is 78.7 cm³/mol. The number of hydrogen-bond donors (Lipinski definition) is 2. The summed E-state index contributed by atoms with van der Waals surface area (Å²) >= 11 is 5.83. The van der Waals surface area contributed by atoms with E-state index >= 15 is 0 Å². The highest BCUT2D eigenvalue weighted by atomic mass is 35.5. The highest BCUT2D eigenvalue weighted by Gasteiger charge is 2.20. The lowest BCUT2D eigenvalue weighted by Crippen LogP contribution is -2.36. The van der Waals surface area contributed by atoms with Gasteiger partial charge in [0.05, 0.1) is 16.3 Å². The summed E-state index contributed by atoms with van der Waals surface area (Å²) in [5.74, 6) is -0.990. The van der Waals surface area contributed by atoms with E-state index in [0.717, 1.165) is 12.8 Å². The highest BCUT2D eigenvalue weighted by Crippen LogP contribution is 2.23. The van der Waals surface area contributed by atoms with E-state index in [2.05, 4.69) is 5.32 Å². The van der Waals surface area contributed by atoms with Crippen LogP contribution in [0.2, 0.25) is 5.02 Å². The van der Waals surface area contributed by atoms with Crippen molar-refractivity contribution in [3.8, 4) is 0 Å². The molecule has 1 amide bonds. The summed E-state index contributed by atoms with van der Waals surface area (Å²) in [5.41, 5.74) is 6.01. The number of nitrogens with two attached hydrogens (primary N) is 1. The lowest BCUT2D eigenvalue weighted by molar-refractivity contribution is -0.129. The maximum absolute atomic E-state index is 11.9. The van der Waals surface area contributed by atoms with Crippen molar-refractivity contribution >= 4 is 29.2 Å². The summed E-state index contributed by atoms with van der Waals surface area (Å²) in [4.78, 5) is 23.6. The van der Waals surface area contributed by atoms with Gasteiger partial charge < -0.3 is 15.8 Å². The van der Waals surface area contributed by atoms with E-state index in [0.29, 0.717) is 6.54 Å². The van der Waals surface area contributed by atoms with Gasteiger partial charge in [-0.05, 0) is 25.5 Å². The third kappa shape index (κ3) is 4.42. The van der Waals surface area contributed by atoms with E-state index in [4.69, 9.17) is 22.1 Å². The number of esters is 1. The van der Waals surface area contributed by atoms with Crippen LogP contribution in [0.15, 0.2) is 18.2 Å². The van der Waals surface area contributed by atoms with Gasteiger partial charge in [0.15, 0.2) is 6.10 Å². The number of unbranched alkanes of at least 4 members (excludes halogenated alkanes) is 1. The quantitative estimate of drug-likeness (QED) is 0.480. The van der Waals surface area contributed by atoms with Crippen molar-refractivity contribution in [3.05, 3.63) is 28.8 Å². The van der Waals surface area contributed by atoms with Gasteiger partial charge in [0.25, 0.3) is 5.91 Å².